The molecule has 0 saturated carbocycles. The maximum absolute atomic E-state index is 6.64. The lowest BCUT2D eigenvalue weighted by molar-refractivity contribution is 1.03. The Kier molecular flexibility index (Phi) is 4.88. The smallest absolute Gasteiger partial charge is 0.0849 e. The molecule has 2 aromatic rings. The Hall–Kier alpha value is -0.310. The Morgan fingerprint density at radius 2 is 1.78 bits per heavy atom. The minimum Gasteiger partial charge on any atom is -0.113 e. The van der Waals surface area contributed by atoms with Gasteiger partial charge in [0.1, 0.15) is 0 Å². The van der Waals surface area contributed by atoms with Crippen LogP contribution in [-0.2, 0) is 6.42 Å². The highest BCUT2D eigenvalue weighted by atomic mass is 79.9. The van der Waals surface area contributed by atoms with Gasteiger partial charge in [-0.15, -0.1) is 11.6 Å². The molecular weight excluding hydrogens is 375 g/mol. The maximum atomic E-state index is 6.64. The number of alkyl halides is 1. The monoisotopic (exact) mass is 386 g/mol. The van der Waals surface area contributed by atoms with Crippen LogP contribution < -0.4 is 0 Å². The standard InChI is InChI=1S/C15H13Br2Cl/c1-2-10-5-3-4-6-12(10)15(18)13-9-11(16)7-8-14(13)17/h3-9,15H,2H2,1H3. The van der Waals surface area contributed by atoms with E-state index in [1.807, 2.05) is 18.2 Å². The first-order valence-corrected chi connectivity index (χ1v) is 7.82. The van der Waals surface area contributed by atoms with Gasteiger partial charge in [-0.2, -0.15) is 0 Å². The van der Waals surface area contributed by atoms with Crippen molar-refractivity contribution in [2.45, 2.75) is 18.7 Å². The highest BCUT2D eigenvalue weighted by Gasteiger charge is 2.16. The van der Waals surface area contributed by atoms with Crippen molar-refractivity contribution in [3.8, 4) is 0 Å². The topological polar surface area (TPSA) is 0 Å². The molecule has 3 heteroatoms. The van der Waals surface area contributed by atoms with Crippen molar-refractivity contribution in [1.82, 2.24) is 0 Å². The first kappa shape index (κ1) is 14.1. The van der Waals surface area contributed by atoms with E-state index < -0.39 is 0 Å². The maximum Gasteiger partial charge on any atom is 0.0849 e. The Balaban J connectivity index is 2.47. The second-order valence-electron chi connectivity index (χ2n) is 4.08. The molecule has 0 fully saturated rings. The van der Waals surface area contributed by atoms with E-state index in [-0.39, 0.29) is 5.38 Å². The van der Waals surface area contributed by atoms with Gasteiger partial charge in [-0.25, -0.2) is 0 Å². The molecule has 18 heavy (non-hydrogen) atoms. The van der Waals surface area contributed by atoms with Gasteiger partial charge in [0, 0.05) is 8.95 Å². The van der Waals surface area contributed by atoms with Crippen LogP contribution in [0.4, 0.5) is 0 Å². The van der Waals surface area contributed by atoms with Gasteiger partial charge in [0.2, 0.25) is 0 Å². The average molecular weight is 389 g/mol. The summed E-state index contributed by atoms with van der Waals surface area (Å²) in [6, 6.07) is 14.4. The van der Waals surface area contributed by atoms with Gasteiger partial charge >= 0.3 is 0 Å². The van der Waals surface area contributed by atoms with E-state index in [0.29, 0.717) is 0 Å². The molecule has 2 aromatic carbocycles. The van der Waals surface area contributed by atoms with E-state index in [4.69, 9.17) is 11.6 Å². The molecule has 0 bridgehead atoms. The van der Waals surface area contributed by atoms with Crippen molar-refractivity contribution in [1.29, 1.82) is 0 Å². The number of hydrogen-bond acceptors (Lipinski definition) is 0. The third kappa shape index (κ3) is 2.98. The molecule has 0 aliphatic rings. The fraction of sp³-hybridized carbons (Fsp3) is 0.200. The van der Waals surface area contributed by atoms with E-state index >= 15 is 0 Å². The van der Waals surface area contributed by atoms with E-state index in [0.717, 1.165) is 20.9 Å². The van der Waals surface area contributed by atoms with Crippen LogP contribution in [0.1, 0.15) is 29.0 Å². The molecule has 94 valence electrons. The molecule has 0 N–H and O–H groups in total. The first-order chi connectivity index (χ1) is 8.63. The predicted octanol–water partition coefficient (Wildman–Crippen LogP) is 6.10. The highest BCUT2D eigenvalue weighted by Crippen LogP contribution is 2.36. The molecule has 0 aromatic heterocycles. The molecule has 0 amide bonds. The van der Waals surface area contributed by atoms with Crippen molar-refractivity contribution < 1.29 is 0 Å². The summed E-state index contributed by atoms with van der Waals surface area (Å²) < 4.78 is 2.08. The van der Waals surface area contributed by atoms with Crippen molar-refractivity contribution in [2.75, 3.05) is 0 Å². The summed E-state index contributed by atoms with van der Waals surface area (Å²) >= 11 is 13.7. The summed E-state index contributed by atoms with van der Waals surface area (Å²) in [7, 11) is 0. The fourth-order valence-corrected chi connectivity index (χ4v) is 3.36. The number of rotatable bonds is 3. The van der Waals surface area contributed by atoms with Crippen LogP contribution in [0.5, 0.6) is 0 Å². The Morgan fingerprint density at radius 1 is 1.06 bits per heavy atom. The Morgan fingerprint density at radius 3 is 2.50 bits per heavy atom. The lowest BCUT2D eigenvalue weighted by atomic mass is 9.98. The van der Waals surface area contributed by atoms with Gasteiger partial charge in [0.15, 0.2) is 0 Å². The van der Waals surface area contributed by atoms with Crippen LogP contribution in [0.25, 0.3) is 0 Å². The van der Waals surface area contributed by atoms with Gasteiger partial charge in [0.25, 0.3) is 0 Å². The van der Waals surface area contributed by atoms with Crippen LogP contribution in [0.15, 0.2) is 51.4 Å². The normalized spacial score (nSPS) is 12.4. The van der Waals surface area contributed by atoms with Crippen molar-refractivity contribution in [3.05, 3.63) is 68.1 Å². The molecule has 0 radical (unpaired) electrons. The van der Waals surface area contributed by atoms with Crippen molar-refractivity contribution in [3.63, 3.8) is 0 Å². The first-order valence-electron chi connectivity index (χ1n) is 5.80. The molecule has 2 rings (SSSR count). The predicted molar refractivity (Wildman–Crippen MR) is 85.4 cm³/mol. The van der Waals surface area contributed by atoms with Gasteiger partial charge in [-0.05, 0) is 41.3 Å². The lowest BCUT2D eigenvalue weighted by Gasteiger charge is -2.16. The molecular formula is C15H13Br2Cl. The molecule has 0 heterocycles. The summed E-state index contributed by atoms with van der Waals surface area (Å²) in [5.74, 6) is 0. The van der Waals surface area contributed by atoms with Crippen LogP contribution in [0.3, 0.4) is 0 Å². The molecule has 0 spiro atoms. The fourth-order valence-electron chi connectivity index (χ4n) is 1.98. The van der Waals surface area contributed by atoms with Gasteiger partial charge in [-0.1, -0.05) is 63.0 Å². The SMILES string of the molecule is CCc1ccccc1C(Cl)c1cc(Br)ccc1Br. The van der Waals surface area contributed by atoms with Crippen LogP contribution >= 0.6 is 43.5 Å². The largest absolute Gasteiger partial charge is 0.113 e. The van der Waals surface area contributed by atoms with Crippen LogP contribution in [0.2, 0.25) is 0 Å². The van der Waals surface area contributed by atoms with Gasteiger partial charge < -0.3 is 0 Å². The summed E-state index contributed by atoms with van der Waals surface area (Å²) in [6.45, 7) is 2.15. The average Bonchev–Trinajstić information content (AvgIpc) is 2.40. The molecule has 1 unspecified atom stereocenters. The van der Waals surface area contributed by atoms with Crippen LogP contribution in [0, 0.1) is 0 Å². The van der Waals surface area contributed by atoms with Gasteiger partial charge in [0.05, 0.1) is 5.38 Å². The molecule has 0 aliphatic heterocycles. The second-order valence-corrected chi connectivity index (χ2v) is 6.29. The minimum atomic E-state index is -0.131. The third-order valence-electron chi connectivity index (χ3n) is 2.94. The Bertz CT molecular complexity index is 552. The Labute approximate surface area is 130 Å². The zero-order valence-electron chi connectivity index (χ0n) is 9.96. The van der Waals surface area contributed by atoms with E-state index in [1.54, 1.807) is 0 Å². The minimum absolute atomic E-state index is 0.131. The lowest BCUT2D eigenvalue weighted by Crippen LogP contribution is -1.99. The molecule has 0 saturated heterocycles. The highest BCUT2D eigenvalue weighted by molar-refractivity contribution is 9.11. The summed E-state index contributed by atoms with van der Waals surface area (Å²) in [5.41, 5.74) is 3.57. The number of aryl methyl sites for hydroxylation is 1. The molecule has 0 nitrogen and oxygen atoms in total. The zero-order chi connectivity index (χ0) is 13.1. The molecule has 1 atom stereocenters. The number of benzene rings is 2. The summed E-state index contributed by atoms with van der Waals surface area (Å²) in [5, 5.41) is -0.131. The summed E-state index contributed by atoms with van der Waals surface area (Å²) in [6.07, 6.45) is 0.991. The van der Waals surface area contributed by atoms with E-state index in [2.05, 4.69) is 63.0 Å². The van der Waals surface area contributed by atoms with Gasteiger partial charge in [-0.3, -0.25) is 0 Å². The number of hydrogen-bond donors (Lipinski definition) is 0. The van der Waals surface area contributed by atoms with E-state index in [9.17, 15) is 0 Å². The second kappa shape index (κ2) is 6.23. The van der Waals surface area contributed by atoms with Crippen molar-refractivity contribution in [2.24, 2.45) is 0 Å². The van der Waals surface area contributed by atoms with E-state index in [1.165, 1.54) is 11.1 Å². The molecule has 0 aliphatic carbocycles. The zero-order valence-corrected chi connectivity index (χ0v) is 13.9. The summed E-state index contributed by atoms with van der Waals surface area (Å²) in [4.78, 5) is 0. The van der Waals surface area contributed by atoms with Crippen LogP contribution in [-0.4, -0.2) is 0 Å². The quantitative estimate of drug-likeness (QED) is 0.557. The van der Waals surface area contributed by atoms with Crippen molar-refractivity contribution >= 4 is 43.5 Å². The number of halogens is 3. The third-order valence-corrected chi connectivity index (χ3v) is 4.63.